The molecule has 0 aliphatic heterocycles. The van der Waals surface area contributed by atoms with Crippen LogP contribution in [0.4, 0.5) is 0 Å². The molecule has 2 atom stereocenters. The average Bonchev–Trinajstić information content (AvgIpc) is 2.74. The highest BCUT2D eigenvalue weighted by molar-refractivity contribution is 6.44. The van der Waals surface area contributed by atoms with Crippen LogP contribution in [0.5, 0.6) is 0 Å². The normalized spacial score (nSPS) is 18.8. The van der Waals surface area contributed by atoms with Gasteiger partial charge in [0.1, 0.15) is 11.3 Å². The number of rotatable bonds is 9. The lowest BCUT2D eigenvalue weighted by Gasteiger charge is -2.35. The van der Waals surface area contributed by atoms with Crippen LogP contribution in [0.3, 0.4) is 0 Å². The van der Waals surface area contributed by atoms with E-state index in [1.807, 2.05) is 40.0 Å². The Morgan fingerprint density at radius 2 is 1.88 bits per heavy atom. The van der Waals surface area contributed by atoms with Crippen LogP contribution < -0.4 is 10.6 Å². The van der Waals surface area contributed by atoms with Crippen LogP contribution >= 0.6 is 11.6 Å². The van der Waals surface area contributed by atoms with E-state index in [-0.39, 0.29) is 23.5 Å². The zero-order chi connectivity index (χ0) is 23.9. The number of allylic oxidation sites excluding steroid dienone is 1. The van der Waals surface area contributed by atoms with Crippen molar-refractivity contribution >= 4 is 29.2 Å². The molecule has 3 N–H and O–H groups in total. The van der Waals surface area contributed by atoms with E-state index in [2.05, 4.69) is 17.6 Å². The van der Waals surface area contributed by atoms with E-state index in [1.165, 1.54) is 0 Å². The predicted octanol–water partition coefficient (Wildman–Crippen LogP) is 5.01. The van der Waals surface area contributed by atoms with E-state index in [0.717, 1.165) is 36.1 Å². The van der Waals surface area contributed by atoms with Crippen molar-refractivity contribution in [1.29, 1.82) is 5.41 Å². The molecule has 2 rings (SSSR count). The smallest absolute Gasteiger partial charge is 0.306 e. The Bertz CT molecular complexity index is 856. The molecular formula is C25H36ClN3O3. The van der Waals surface area contributed by atoms with Crippen molar-refractivity contribution in [2.75, 3.05) is 7.05 Å². The summed E-state index contributed by atoms with van der Waals surface area (Å²) in [6, 6.07) is 7.27. The molecule has 0 radical (unpaired) electrons. The molecule has 7 heteroatoms. The SMILES string of the molecule is CCC1C(NC)=C(C(=N)C(=O)NCc2ccc(Cl)cc2)CCC1CCC(=O)OC(C)(C)C. The molecule has 0 bridgehead atoms. The fourth-order valence-corrected chi connectivity index (χ4v) is 4.44. The van der Waals surface area contributed by atoms with Crippen molar-refractivity contribution < 1.29 is 14.3 Å². The number of ether oxygens (including phenoxy) is 1. The van der Waals surface area contributed by atoms with Gasteiger partial charge in [-0.05, 0) is 70.1 Å². The minimum Gasteiger partial charge on any atom is -0.460 e. The first-order valence-electron chi connectivity index (χ1n) is 11.3. The third kappa shape index (κ3) is 7.37. The first kappa shape index (κ1) is 25.9. The Kier molecular flexibility index (Phi) is 9.32. The van der Waals surface area contributed by atoms with Crippen molar-refractivity contribution in [3.63, 3.8) is 0 Å². The number of carbonyl (C=O) groups excluding carboxylic acids is 2. The van der Waals surface area contributed by atoms with Crippen molar-refractivity contribution in [2.45, 2.75) is 71.9 Å². The molecule has 0 aromatic heterocycles. The van der Waals surface area contributed by atoms with E-state index in [4.69, 9.17) is 21.7 Å². The number of amides is 1. The molecule has 176 valence electrons. The van der Waals surface area contributed by atoms with E-state index in [0.29, 0.717) is 30.3 Å². The second-order valence-electron chi connectivity index (χ2n) is 9.26. The molecular weight excluding hydrogens is 426 g/mol. The lowest BCUT2D eigenvalue weighted by atomic mass is 9.73. The summed E-state index contributed by atoms with van der Waals surface area (Å²) in [5, 5.41) is 15.3. The summed E-state index contributed by atoms with van der Waals surface area (Å²) in [4.78, 5) is 24.9. The van der Waals surface area contributed by atoms with Crippen LogP contribution in [0.2, 0.25) is 5.02 Å². The molecule has 1 amide bonds. The van der Waals surface area contributed by atoms with E-state index in [9.17, 15) is 9.59 Å². The number of carbonyl (C=O) groups is 2. The molecule has 0 saturated heterocycles. The van der Waals surface area contributed by atoms with Crippen LogP contribution in [-0.2, 0) is 20.9 Å². The lowest BCUT2D eigenvalue weighted by Crippen LogP contribution is -2.37. The van der Waals surface area contributed by atoms with Crippen molar-refractivity contribution in [3.05, 3.63) is 46.1 Å². The zero-order valence-electron chi connectivity index (χ0n) is 19.8. The zero-order valence-corrected chi connectivity index (χ0v) is 20.6. The molecule has 1 aliphatic carbocycles. The standard InChI is InChI=1S/C25H36ClN3O3/c1-6-19-17(10-14-21(30)32-25(2,3)4)9-13-20(23(19)28-5)22(27)24(31)29-15-16-7-11-18(26)12-8-16/h7-8,11-12,17,19,27-28H,6,9-10,13-15H2,1-5H3,(H,29,31). The van der Waals surface area contributed by atoms with Gasteiger partial charge in [0.25, 0.3) is 5.91 Å². The molecule has 2 unspecified atom stereocenters. The summed E-state index contributed by atoms with van der Waals surface area (Å²) in [5.74, 6) is -0.0773. The Balaban J connectivity index is 2.04. The second-order valence-corrected chi connectivity index (χ2v) is 9.70. The number of benzene rings is 1. The monoisotopic (exact) mass is 461 g/mol. The van der Waals surface area contributed by atoms with Gasteiger partial charge in [0.15, 0.2) is 0 Å². The fraction of sp³-hybridized carbons (Fsp3) is 0.560. The van der Waals surface area contributed by atoms with Gasteiger partial charge >= 0.3 is 5.97 Å². The van der Waals surface area contributed by atoms with Crippen LogP contribution in [-0.4, -0.2) is 30.2 Å². The van der Waals surface area contributed by atoms with Gasteiger partial charge in [0.2, 0.25) is 0 Å². The summed E-state index contributed by atoms with van der Waals surface area (Å²) in [7, 11) is 1.84. The third-order valence-electron chi connectivity index (χ3n) is 5.77. The van der Waals surface area contributed by atoms with Gasteiger partial charge in [-0.3, -0.25) is 15.0 Å². The van der Waals surface area contributed by atoms with Gasteiger partial charge in [0, 0.05) is 42.2 Å². The maximum absolute atomic E-state index is 12.7. The maximum atomic E-state index is 12.7. The summed E-state index contributed by atoms with van der Waals surface area (Å²) in [6.45, 7) is 8.07. The molecule has 6 nitrogen and oxygen atoms in total. The van der Waals surface area contributed by atoms with Gasteiger partial charge < -0.3 is 15.4 Å². The van der Waals surface area contributed by atoms with Crippen LogP contribution in [0, 0.1) is 17.2 Å². The van der Waals surface area contributed by atoms with Crippen molar-refractivity contribution in [3.8, 4) is 0 Å². The quantitative estimate of drug-likeness (QED) is 0.356. The third-order valence-corrected chi connectivity index (χ3v) is 6.03. The molecule has 0 fully saturated rings. The molecule has 1 aromatic carbocycles. The molecule has 1 aliphatic rings. The number of halogens is 1. The number of hydrogen-bond acceptors (Lipinski definition) is 5. The van der Waals surface area contributed by atoms with E-state index >= 15 is 0 Å². The van der Waals surface area contributed by atoms with Gasteiger partial charge in [-0.2, -0.15) is 0 Å². The fourth-order valence-electron chi connectivity index (χ4n) is 4.31. The Labute approximate surface area is 196 Å². The van der Waals surface area contributed by atoms with Gasteiger partial charge in [-0.25, -0.2) is 0 Å². The average molecular weight is 462 g/mol. The largest absolute Gasteiger partial charge is 0.460 e. The lowest BCUT2D eigenvalue weighted by molar-refractivity contribution is -0.155. The maximum Gasteiger partial charge on any atom is 0.306 e. The topological polar surface area (TPSA) is 91.3 Å². The van der Waals surface area contributed by atoms with Gasteiger partial charge in [-0.1, -0.05) is 30.7 Å². The molecule has 32 heavy (non-hydrogen) atoms. The predicted molar refractivity (Wildman–Crippen MR) is 129 cm³/mol. The van der Waals surface area contributed by atoms with Crippen molar-refractivity contribution in [2.24, 2.45) is 11.8 Å². The molecule has 0 heterocycles. The molecule has 1 aromatic rings. The van der Waals surface area contributed by atoms with Crippen molar-refractivity contribution in [1.82, 2.24) is 10.6 Å². The second kappa shape index (κ2) is 11.5. The minimum absolute atomic E-state index is 0.00681. The highest BCUT2D eigenvalue weighted by Gasteiger charge is 2.33. The summed E-state index contributed by atoms with van der Waals surface area (Å²) >= 11 is 5.91. The number of hydrogen-bond donors (Lipinski definition) is 3. The van der Waals surface area contributed by atoms with Crippen LogP contribution in [0.1, 0.15) is 65.4 Å². The molecule has 0 spiro atoms. The first-order valence-corrected chi connectivity index (χ1v) is 11.7. The van der Waals surface area contributed by atoms with Crippen LogP contribution in [0.25, 0.3) is 0 Å². The highest BCUT2D eigenvalue weighted by atomic mass is 35.5. The summed E-state index contributed by atoms with van der Waals surface area (Å²) < 4.78 is 5.45. The van der Waals surface area contributed by atoms with E-state index in [1.54, 1.807) is 12.1 Å². The first-order chi connectivity index (χ1) is 15.1. The highest BCUT2D eigenvalue weighted by Crippen LogP contribution is 2.38. The van der Waals surface area contributed by atoms with Gasteiger partial charge in [0.05, 0.1) is 0 Å². The summed E-state index contributed by atoms with van der Waals surface area (Å²) in [5.41, 5.74) is 2.16. The van der Waals surface area contributed by atoms with Gasteiger partial charge in [-0.15, -0.1) is 0 Å². The minimum atomic E-state index is -0.481. The number of esters is 1. The van der Waals surface area contributed by atoms with E-state index < -0.39 is 5.60 Å². The van der Waals surface area contributed by atoms with Crippen LogP contribution in [0.15, 0.2) is 35.5 Å². The summed E-state index contributed by atoms with van der Waals surface area (Å²) in [6.07, 6.45) is 3.47. The number of nitrogens with one attached hydrogen (secondary N) is 3. The Morgan fingerprint density at radius 1 is 1.22 bits per heavy atom. The molecule has 0 saturated carbocycles. The Hall–Kier alpha value is -2.34. The Morgan fingerprint density at radius 3 is 2.44 bits per heavy atom.